The molecule has 4 nitrogen and oxygen atoms in total. The van der Waals surface area contributed by atoms with Crippen LogP contribution >= 0.6 is 31.9 Å². The quantitative estimate of drug-likeness (QED) is 0.486. The zero-order valence-corrected chi connectivity index (χ0v) is 13.4. The average molecular weight is 389 g/mol. The number of hydrogen-bond acceptors (Lipinski definition) is 4. The molecule has 0 atom stereocenters. The van der Waals surface area contributed by atoms with E-state index in [-0.39, 0.29) is 17.4 Å². The van der Waals surface area contributed by atoms with Gasteiger partial charge in [-0.2, -0.15) is 5.26 Å². The molecule has 0 fully saturated rings. The van der Waals surface area contributed by atoms with Crippen LogP contribution in [0.5, 0.6) is 5.75 Å². The number of rotatable bonds is 3. The molecule has 0 aliphatic carbocycles. The summed E-state index contributed by atoms with van der Waals surface area (Å²) in [5.41, 5.74) is 0.493. The Labute approximate surface area is 127 Å². The molecule has 100 valence electrons. The lowest BCUT2D eigenvalue weighted by Crippen LogP contribution is -2.12. The van der Waals surface area contributed by atoms with Gasteiger partial charge in [0.25, 0.3) is 0 Å². The number of nitriles is 1. The van der Waals surface area contributed by atoms with Crippen molar-refractivity contribution in [2.75, 3.05) is 0 Å². The van der Waals surface area contributed by atoms with Crippen LogP contribution in [-0.4, -0.2) is 17.2 Å². The third kappa shape index (κ3) is 4.37. The highest BCUT2D eigenvalue weighted by Gasteiger charge is 2.13. The second-order valence-corrected chi connectivity index (χ2v) is 5.67. The van der Waals surface area contributed by atoms with Gasteiger partial charge in [-0.15, -0.1) is 0 Å². The predicted molar refractivity (Wildman–Crippen MR) is 78.3 cm³/mol. The smallest absolute Gasteiger partial charge is 0.349 e. The van der Waals surface area contributed by atoms with Crippen molar-refractivity contribution in [1.29, 1.82) is 5.26 Å². The molecule has 0 amide bonds. The molecule has 0 radical (unpaired) electrons. The minimum atomic E-state index is -0.669. The standard InChI is InChI=1S/C13H11Br2NO3/c1-7(2)19-13(18)9(6-16)3-8-4-10(14)12(17)11(15)5-8/h3-5,7,17H,1-2H3/b9-3+. The summed E-state index contributed by atoms with van der Waals surface area (Å²) in [6.07, 6.45) is 1.11. The molecule has 0 saturated carbocycles. The van der Waals surface area contributed by atoms with Gasteiger partial charge in [-0.1, -0.05) is 0 Å². The summed E-state index contributed by atoms with van der Waals surface area (Å²) >= 11 is 6.36. The number of benzene rings is 1. The molecule has 1 aromatic rings. The molecule has 1 N–H and O–H groups in total. The highest BCUT2D eigenvalue weighted by Crippen LogP contribution is 2.33. The second kappa shape index (κ2) is 6.73. The summed E-state index contributed by atoms with van der Waals surface area (Å²) in [4.78, 5) is 11.6. The van der Waals surface area contributed by atoms with Gasteiger partial charge in [-0.25, -0.2) is 4.79 Å². The van der Waals surface area contributed by atoms with E-state index in [9.17, 15) is 9.90 Å². The summed E-state index contributed by atoms with van der Waals surface area (Å²) < 4.78 is 5.88. The summed E-state index contributed by atoms with van der Waals surface area (Å²) in [5.74, 6) is -0.613. The topological polar surface area (TPSA) is 70.3 Å². The molecular formula is C13H11Br2NO3. The van der Waals surface area contributed by atoms with Crippen LogP contribution in [0.2, 0.25) is 0 Å². The van der Waals surface area contributed by atoms with E-state index in [0.717, 1.165) is 0 Å². The van der Waals surface area contributed by atoms with Crippen LogP contribution in [0.15, 0.2) is 26.7 Å². The lowest BCUT2D eigenvalue weighted by molar-refractivity contribution is -0.142. The fourth-order valence-electron chi connectivity index (χ4n) is 1.25. The average Bonchev–Trinajstić information content (AvgIpc) is 2.31. The Balaban J connectivity index is 3.12. The molecule has 0 aliphatic heterocycles. The lowest BCUT2D eigenvalue weighted by Gasteiger charge is -2.07. The van der Waals surface area contributed by atoms with Crippen molar-refractivity contribution in [3.8, 4) is 11.8 Å². The largest absolute Gasteiger partial charge is 0.506 e. The number of nitrogens with zero attached hydrogens (tertiary/aromatic N) is 1. The monoisotopic (exact) mass is 387 g/mol. The predicted octanol–water partition coefficient (Wildman–Crippen LogP) is 3.78. The fraction of sp³-hybridized carbons (Fsp3) is 0.231. The van der Waals surface area contributed by atoms with E-state index in [1.165, 1.54) is 6.08 Å². The van der Waals surface area contributed by atoms with Gasteiger partial charge in [0.15, 0.2) is 0 Å². The van der Waals surface area contributed by atoms with E-state index in [1.807, 2.05) is 0 Å². The van der Waals surface area contributed by atoms with Crippen LogP contribution in [0.3, 0.4) is 0 Å². The third-order valence-electron chi connectivity index (χ3n) is 2.03. The first-order chi connectivity index (χ1) is 8.85. The molecule has 1 rings (SSSR count). The van der Waals surface area contributed by atoms with Gasteiger partial charge < -0.3 is 9.84 Å². The number of ether oxygens (including phenoxy) is 1. The molecule has 1 aromatic carbocycles. The van der Waals surface area contributed by atoms with Gasteiger partial charge in [-0.05, 0) is 69.5 Å². The van der Waals surface area contributed by atoms with Gasteiger partial charge >= 0.3 is 5.97 Å². The zero-order chi connectivity index (χ0) is 14.6. The maximum Gasteiger partial charge on any atom is 0.349 e. The minimum Gasteiger partial charge on any atom is -0.506 e. The zero-order valence-electron chi connectivity index (χ0n) is 10.3. The van der Waals surface area contributed by atoms with Gasteiger partial charge in [0.1, 0.15) is 17.4 Å². The molecule has 0 saturated heterocycles. The van der Waals surface area contributed by atoms with E-state index < -0.39 is 5.97 Å². The van der Waals surface area contributed by atoms with Crippen LogP contribution in [-0.2, 0) is 9.53 Å². The van der Waals surface area contributed by atoms with E-state index in [2.05, 4.69) is 31.9 Å². The van der Waals surface area contributed by atoms with E-state index >= 15 is 0 Å². The number of phenols is 1. The van der Waals surface area contributed by atoms with Gasteiger partial charge in [0.05, 0.1) is 15.0 Å². The van der Waals surface area contributed by atoms with Crippen LogP contribution in [0.1, 0.15) is 19.4 Å². The minimum absolute atomic E-state index is 0.0559. The molecule has 0 unspecified atom stereocenters. The molecule has 0 bridgehead atoms. The Morgan fingerprint density at radius 1 is 1.42 bits per heavy atom. The second-order valence-electron chi connectivity index (χ2n) is 3.96. The number of phenolic OH excluding ortho intramolecular Hbond substituents is 1. The van der Waals surface area contributed by atoms with Gasteiger partial charge in [-0.3, -0.25) is 0 Å². The Bertz CT molecular complexity index is 551. The van der Waals surface area contributed by atoms with E-state index in [0.29, 0.717) is 14.5 Å². The maximum atomic E-state index is 11.6. The highest BCUT2D eigenvalue weighted by molar-refractivity contribution is 9.11. The maximum absolute atomic E-state index is 11.6. The summed E-state index contributed by atoms with van der Waals surface area (Å²) in [7, 11) is 0. The normalized spacial score (nSPS) is 11.3. The number of esters is 1. The van der Waals surface area contributed by atoms with Crippen LogP contribution < -0.4 is 0 Å². The summed E-state index contributed by atoms with van der Waals surface area (Å²) in [6, 6.07) is 5.00. The molecule has 0 heterocycles. The van der Waals surface area contributed by atoms with Gasteiger partial charge in [0.2, 0.25) is 0 Å². The Morgan fingerprint density at radius 2 is 1.95 bits per heavy atom. The summed E-state index contributed by atoms with van der Waals surface area (Å²) in [5, 5.41) is 18.6. The Hall–Kier alpha value is -1.32. The van der Waals surface area contributed by atoms with Crippen molar-refractivity contribution >= 4 is 43.9 Å². The molecule has 19 heavy (non-hydrogen) atoms. The van der Waals surface area contributed by atoms with E-state index in [4.69, 9.17) is 10.00 Å². The van der Waals surface area contributed by atoms with Crippen LogP contribution in [0.4, 0.5) is 0 Å². The van der Waals surface area contributed by atoms with Crippen molar-refractivity contribution in [3.63, 3.8) is 0 Å². The molecule has 0 aromatic heterocycles. The SMILES string of the molecule is CC(C)OC(=O)/C(C#N)=C/c1cc(Br)c(O)c(Br)c1. The number of carbonyl (C=O) groups excluding carboxylic acids is 1. The molecule has 6 heteroatoms. The van der Waals surface area contributed by atoms with Crippen LogP contribution in [0.25, 0.3) is 6.08 Å². The van der Waals surface area contributed by atoms with Crippen LogP contribution in [0, 0.1) is 11.3 Å². The van der Waals surface area contributed by atoms with Gasteiger partial charge in [0, 0.05) is 0 Å². The first-order valence-corrected chi connectivity index (χ1v) is 6.94. The number of carbonyl (C=O) groups is 1. The van der Waals surface area contributed by atoms with Crippen molar-refractivity contribution in [2.24, 2.45) is 0 Å². The highest BCUT2D eigenvalue weighted by atomic mass is 79.9. The Kier molecular flexibility index (Phi) is 5.58. The summed E-state index contributed by atoms with van der Waals surface area (Å²) in [6.45, 7) is 3.42. The van der Waals surface area contributed by atoms with E-state index in [1.54, 1.807) is 32.0 Å². The first-order valence-electron chi connectivity index (χ1n) is 5.36. The molecule has 0 aliphatic rings. The Morgan fingerprint density at radius 3 is 2.37 bits per heavy atom. The fourth-order valence-corrected chi connectivity index (χ4v) is 2.47. The molecular weight excluding hydrogens is 378 g/mol. The number of halogens is 2. The van der Waals surface area contributed by atoms with Crippen molar-refractivity contribution in [1.82, 2.24) is 0 Å². The van der Waals surface area contributed by atoms with Crippen molar-refractivity contribution < 1.29 is 14.6 Å². The third-order valence-corrected chi connectivity index (χ3v) is 3.24. The van der Waals surface area contributed by atoms with Crippen molar-refractivity contribution in [2.45, 2.75) is 20.0 Å². The number of aromatic hydroxyl groups is 1. The first kappa shape index (κ1) is 15.7. The molecule has 0 spiro atoms. The van der Waals surface area contributed by atoms with Crippen molar-refractivity contribution in [3.05, 3.63) is 32.2 Å². The number of hydrogen-bond donors (Lipinski definition) is 1. The lowest BCUT2D eigenvalue weighted by atomic mass is 10.1.